The SMILES string of the molecule is COc1cccc(CCNC(=O)COc2ccc3ncccc3c2)c1. The molecule has 3 aromatic rings. The summed E-state index contributed by atoms with van der Waals surface area (Å²) >= 11 is 0. The molecule has 0 aliphatic rings. The molecule has 5 nitrogen and oxygen atoms in total. The monoisotopic (exact) mass is 336 g/mol. The van der Waals surface area contributed by atoms with Crippen molar-refractivity contribution in [3.63, 3.8) is 0 Å². The molecule has 0 aliphatic heterocycles. The second-order valence-corrected chi connectivity index (χ2v) is 5.60. The van der Waals surface area contributed by atoms with E-state index in [2.05, 4.69) is 10.3 Å². The van der Waals surface area contributed by atoms with Gasteiger partial charge in [-0.1, -0.05) is 18.2 Å². The molecule has 1 amide bonds. The highest BCUT2D eigenvalue weighted by Crippen LogP contribution is 2.18. The minimum atomic E-state index is -0.144. The first-order valence-corrected chi connectivity index (χ1v) is 8.12. The molecule has 25 heavy (non-hydrogen) atoms. The highest BCUT2D eigenvalue weighted by Gasteiger charge is 2.04. The molecule has 0 atom stereocenters. The summed E-state index contributed by atoms with van der Waals surface area (Å²) in [5.41, 5.74) is 2.01. The number of methoxy groups -OCH3 is 1. The zero-order chi connectivity index (χ0) is 17.5. The maximum atomic E-state index is 11.9. The molecule has 5 heteroatoms. The standard InChI is InChI=1S/C20H20N2O3/c1-24-17-6-2-4-15(12-17)9-11-22-20(23)14-25-18-7-8-19-16(13-18)5-3-10-21-19/h2-8,10,12-13H,9,11,14H2,1H3,(H,22,23). The van der Waals surface area contributed by atoms with Crippen LogP contribution in [0.15, 0.2) is 60.8 Å². The van der Waals surface area contributed by atoms with Crippen LogP contribution < -0.4 is 14.8 Å². The van der Waals surface area contributed by atoms with Crippen molar-refractivity contribution in [1.29, 1.82) is 0 Å². The molecule has 0 spiro atoms. The van der Waals surface area contributed by atoms with Crippen LogP contribution in [0.3, 0.4) is 0 Å². The third-order valence-electron chi connectivity index (χ3n) is 3.81. The summed E-state index contributed by atoms with van der Waals surface area (Å²) in [6.45, 7) is 0.543. The van der Waals surface area contributed by atoms with Crippen LogP contribution in [-0.4, -0.2) is 31.2 Å². The molecule has 1 N–H and O–H groups in total. The Kier molecular flexibility index (Phi) is 5.46. The van der Waals surface area contributed by atoms with E-state index in [-0.39, 0.29) is 12.5 Å². The molecule has 0 saturated carbocycles. The fourth-order valence-corrected chi connectivity index (χ4v) is 2.52. The number of benzene rings is 2. The van der Waals surface area contributed by atoms with Crippen molar-refractivity contribution in [3.05, 3.63) is 66.4 Å². The molecule has 0 fully saturated rings. The van der Waals surface area contributed by atoms with Gasteiger partial charge >= 0.3 is 0 Å². The van der Waals surface area contributed by atoms with E-state index in [1.54, 1.807) is 13.3 Å². The van der Waals surface area contributed by atoms with Crippen molar-refractivity contribution in [1.82, 2.24) is 10.3 Å². The van der Waals surface area contributed by atoms with E-state index in [4.69, 9.17) is 9.47 Å². The number of fused-ring (bicyclic) bond motifs is 1. The van der Waals surface area contributed by atoms with Crippen LogP contribution in [0.1, 0.15) is 5.56 Å². The normalized spacial score (nSPS) is 10.4. The summed E-state index contributed by atoms with van der Waals surface area (Å²) in [4.78, 5) is 16.2. The van der Waals surface area contributed by atoms with E-state index in [9.17, 15) is 4.79 Å². The minimum Gasteiger partial charge on any atom is -0.497 e. The Morgan fingerprint density at radius 3 is 2.88 bits per heavy atom. The topological polar surface area (TPSA) is 60.5 Å². The number of hydrogen-bond donors (Lipinski definition) is 1. The molecule has 2 aromatic carbocycles. The van der Waals surface area contributed by atoms with E-state index < -0.39 is 0 Å². The maximum Gasteiger partial charge on any atom is 0.257 e. The van der Waals surface area contributed by atoms with E-state index in [1.165, 1.54) is 0 Å². The van der Waals surface area contributed by atoms with Crippen molar-refractivity contribution in [2.24, 2.45) is 0 Å². The van der Waals surface area contributed by atoms with Crippen LogP contribution in [-0.2, 0) is 11.2 Å². The Labute approximate surface area is 146 Å². The summed E-state index contributed by atoms with van der Waals surface area (Å²) in [6, 6.07) is 17.2. The van der Waals surface area contributed by atoms with Gasteiger partial charge in [-0.25, -0.2) is 0 Å². The summed E-state index contributed by atoms with van der Waals surface area (Å²) in [7, 11) is 1.64. The van der Waals surface area contributed by atoms with Crippen LogP contribution in [0.5, 0.6) is 11.5 Å². The van der Waals surface area contributed by atoms with E-state index in [0.717, 1.165) is 28.6 Å². The van der Waals surface area contributed by atoms with Crippen molar-refractivity contribution in [2.75, 3.05) is 20.3 Å². The molecule has 0 bridgehead atoms. The van der Waals surface area contributed by atoms with Crippen molar-refractivity contribution in [2.45, 2.75) is 6.42 Å². The van der Waals surface area contributed by atoms with Crippen LogP contribution in [0.4, 0.5) is 0 Å². The van der Waals surface area contributed by atoms with Crippen molar-refractivity contribution < 1.29 is 14.3 Å². The molecule has 0 aliphatic carbocycles. The fourth-order valence-electron chi connectivity index (χ4n) is 2.52. The summed E-state index contributed by atoms with van der Waals surface area (Å²) in [6.07, 6.45) is 2.49. The van der Waals surface area contributed by atoms with Crippen molar-refractivity contribution >= 4 is 16.8 Å². The van der Waals surface area contributed by atoms with Crippen LogP contribution in [0.2, 0.25) is 0 Å². The van der Waals surface area contributed by atoms with Gasteiger partial charge in [-0.3, -0.25) is 9.78 Å². The maximum absolute atomic E-state index is 11.9. The molecule has 3 rings (SSSR count). The van der Waals surface area contributed by atoms with Gasteiger partial charge in [0.25, 0.3) is 5.91 Å². The lowest BCUT2D eigenvalue weighted by Gasteiger charge is -2.09. The quantitative estimate of drug-likeness (QED) is 0.720. The van der Waals surface area contributed by atoms with Gasteiger partial charge in [0.05, 0.1) is 12.6 Å². The average Bonchev–Trinajstić information content (AvgIpc) is 2.66. The second-order valence-electron chi connectivity index (χ2n) is 5.60. The summed E-state index contributed by atoms with van der Waals surface area (Å²) in [5.74, 6) is 1.33. The van der Waals surface area contributed by atoms with Gasteiger partial charge in [0.2, 0.25) is 0 Å². The Balaban J connectivity index is 1.45. The first-order valence-electron chi connectivity index (χ1n) is 8.12. The Bertz CT molecular complexity index is 864. The van der Waals surface area contributed by atoms with E-state index in [0.29, 0.717) is 12.3 Å². The summed E-state index contributed by atoms with van der Waals surface area (Å²) in [5, 5.41) is 3.84. The number of nitrogens with one attached hydrogen (secondary N) is 1. The smallest absolute Gasteiger partial charge is 0.257 e. The zero-order valence-electron chi connectivity index (χ0n) is 14.1. The molecule has 0 radical (unpaired) electrons. The highest BCUT2D eigenvalue weighted by atomic mass is 16.5. The van der Waals surface area contributed by atoms with Gasteiger partial charge in [0, 0.05) is 18.1 Å². The van der Waals surface area contributed by atoms with Crippen LogP contribution in [0.25, 0.3) is 10.9 Å². The first-order chi connectivity index (χ1) is 12.2. The predicted molar refractivity (Wildman–Crippen MR) is 96.9 cm³/mol. The summed E-state index contributed by atoms with van der Waals surface area (Å²) < 4.78 is 10.7. The van der Waals surface area contributed by atoms with Gasteiger partial charge in [-0.2, -0.15) is 0 Å². The largest absolute Gasteiger partial charge is 0.497 e. The zero-order valence-corrected chi connectivity index (χ0v) is 14.1. The minimum absolute atomic E-state index is 0.0100. The molecule has 0 unspecified atom stereocenters. The lowest BCUT2D eigenvalue weighted by molar-refractivity contribution is -0.123. The van der Waals surface area contributed by atoms with Gasteiger partial charge in [0.1, 0.15) is 11.5 Å². The van der Waals surface area contributed by atoms with Crippen LogP contribution >= 0.6 is 0 Å². The number of nitrogens with zero attached hydrogens (tertiary/aromatic N) is 1. The van der Waals surface area contributed by atoms with Crippen LogP contribution in [0, 0.1) is 0 Å². The van der Waals surface area contributed by atoms with Gasteiger partial charge in [0.15, 0.2) is 6.61 Å². The molecule has 1 heterocycles. The predicted octanol–water partition coefficient (Wildman–Crippen LogP) is 2.98. The number of aromatic nitrogens is 1. The third-order valence-corrected chi connectivity index (χ3v) is 3.81. The number of pyridine rings is 1. The third kappa shape index (κ3) is 4.70. The Hall–Kier alpha value is -3.08. The lowest BCUT2D eigenvalue weighted by Crippen LogP contribution is -2.30. The molecule has 0 saturated heterocycles. The van der Waals surface area contributed by atoms with E-state index in [1.807, 2.05) is 54.6 Å². The molecule has 1 aromatic heterocycles. The van der Waals surface area contributed by atoms with E-state index >= 15 is 0 Å². The lowest BCUT2D eigenvalue weighted by atomic mass is 10.1. The van der Waals surface area contributed by atoms with Crippen molar-refractivity contribution in [3.8, 4) is 11.5 Å². The van der Waals surface area contributed by atoms with Gasteiger partial charge < -0.3 is 14.8 Å². The first kappa shape index (κ1) is 16.8. The molecular weight excluding hydrogens is 316 g/mol. The van der Waals surface area contributed by atoms with Gasteiger partial charge in [-0.15, -0.1) is 0 Å². The highest BCUT2D eigenvalue weighted by molar-refractivity contribution is 5.80. The Morgan fingerprint density at radius 2 is 2.00 bits per heavy atom. The molecule has 128 valence electrons. The number of rotatable bonds is 7. The number of ether oxygens (including phenoxy) is 2. The molecular formula is C20H20N2O3. The second kappa shape index (κ2) is 8.15. The number of hydrogen-bond acceptors (Lipinski definition) is 4. The average molecular weight is 336 g/mol. The Morgan fingerprint density at radius 1 is 1.08 bits per heavy atom. The fraction of sp³-hybridized carbons (Fsp3) is 0.200. The number of carbonyl (C=O) groups excluding carboxylic acids is 1. The van der Waals surface area contributed by atoms with Gasteiger partial charge in [-0.05, 0) is 48.4 Å². The number of amides is 1. The number of carbonyl (C=O) groups is 1.